The average molecular weight is 407 g/mol. The van der Waals surface area contributed by atoms with Gasteiger partial charge >= 0.3 is 5.97 Å². The molecule has 0 spiro atoms. The second-order valence-corrected chi connectivity index (χ2v) is 7.78. The summed E-state index contributed by atoms with van der Waals surface area (Å²) in [6, 6.07) is 21.6. The lowest BCUT2D eigenvalue weighted by atomic mass is 9.78. The molecule has 5 nitrogen and oxygen atoms in total. The topological polar surface area (TPSA) is 79.2 Å². The van der Waals surface area contributed by atoms with Gasteiger partial charge in [0.2, 0.25) is 5.91 Å². The number of amides is 1. The van der Waals surface area contributed by atoms with Crippen LogP contribution in [0.1, 0.15) is 23.5 Å². The Labute approximate surface area is 174 Å². The zero-order valence-electron chi connectivity index (χ0n) is 16.1. The van der Waals surface area contributed by atoms with Crippen molar-refractivity contribution in [1.29, 1.82) is 5.26 Å². The fourth-order valence-corrected chi connectivity index (χ4v) is 4.43. The molecule has 0 aromatic heterocycles. The lowest BCUT2D eigenvalue weighted by Crippen LogP contribution is -2.44. The van der Waals surface area contributed by atoms with E-state index in [1.165, 1.54) is 24.4 Å². The van der Waals surface area contributed by atoms with Gasteiger partial charge in [-0.15, -0.1) is 11.8 Å². The molecule has 0 bridgehead atoms. The summed E-state index contributed by atoms with van der Waals surface area (Å²) in [6.07, 6.45) is 1.83. The molecule has 0 saturated carbocycles. The molecule has 148 valence electrons. The fraction of sp³-hybridized carbons (Fsp3) is 0.261. The lowest BCUT2D eigenvalue weighted by Gasteiger charge is -2.31. The van der Waals surface area contributed by atoms with E-state index in [1.54, 1.807) is 0 Å². The van der Waals surface area contributed by atoms with Crippen LogP contribution in [0.5, 0.6) is 0 Å². The van der Waals surface area contributed by atoms with Gasteiger partial charge < -0.3 is 10.1 Å². The number of carbonyl (C=O) groups excluding carboxylic acids is 2. The molecule has 29 heavy (non-hydrogen) atoms. The fourth-order valence-electron chi connectivity index (χ4n) is 3.44. The van der Waals surface area contributed by atoms with Gasteiger partial charge in [-0.1, -0.05) is 60.7 Å². The summed E-state index contributed by atoms with van der Waals surface area (Å²) < 4.78 is 4.85. The van der Waals surface area contributed by atoms with Gasteiger partial charge in [0.15, 0.2) is 0 Å². The van der Waals surface area contributed by atoms with E-state index in [2.05, 4.69) is 23.5 Å². The van der Waals surface area contributed by atoms with E-state index >= 15 is 0 Å². The Kier molecular flexibility index (Phi) is 7.09. The standard InChI is InChI=1S/C23H22N2O3S/c1-28-23(27)20-19(17-12-6-3-7-13-17)18(15-24)22(25-21(20)26)29-14-8-11-16-9-4-2-5-10-16/h2-7,9-10,12-13,19-20H,8,11,14H2,1H3,(H,25,26)/t19-,20-/m0/s1. The van der Waals surface area contributed by atoms with Gasteiger partial charge in [-0.3, -0.25) is 9.59 Å². The van der Waals surface area contributed by atoms with E-state index in [0.29, 0.717) is 10.6 Å². The molecule has 1 N–H and O–H groups in total. The monoisotopic (exact) mass is 406 g/mol. The maximum absolute atomic E-state index is 12.7. The van der Waals surface area contributed by atoms with Crippen LogP contribution in [-0.2, 0) is 20.7 Å². The van der Waals surface area contributed by atoms with Crippen molar-refractivity contribution in [2.45, 2.75) is 18.8 Å². The van der Waals surface area contributed by atoms with Gasteiger partial charge in [0.1, 0.15) is 5.92 Å². The van der Waals surface area contributed by atoms with Crippen LogP contribution in [0, 0.1) is 17.2 Å². The summed E-state index contributed by atoms with van der Waals surface area (Å²) in [5.41, 5.74) is 2.40. The van der Waals surface area contributed by atoms with E-state index < -0.39 is 23.7 Å². The first-order valence-electron chi connectivity index (χ1n) is 9.40. The molecule has 1 aliphatic heterocycles. The molecule has 2 aromatic rings. The van der Waals surface area contributed by atoms with Crippen molar-refractivity contribution in [2.24, 2.45) is 5.92 Å². The number of nitrogens with zero attached hydrogens (tertiary/aromatic N) is 1. The summed E-state index contributed by atoms with van der Waals surface area (Å²) in [4.78, 5) is 25.1. The van der Waals surface area contributed by atoms with Crippen LogP contribution in [0.2, 0.25) is 0 Å². The number of aryl methyl sites for hydroxylation is 1. The van der Waals surface area contributed by atoms with Crippen molar-refractivity contribution in [2.75, 3.05) is 12.9 Å². The normalized spacial score (nSPS) is 18.7. The first kappa shape index (κ1) is 20.7. The van der Waals surface area contributed by atoms with Crippen LogP contribution in [0.4, 0.5) is 0 Å². The second-order valence-electron chi connectivity index (χ2n) is 6.67. The Morgan fingerprint density at radius 3 is 2.41 bits per heavy atom. The van der Waals surface area contributed by atoms with E-state index in [-0.39, 0.29) is 0 Å². The molecule has 2 aromatic carbocycles. The van der Waals surface area contributed by atoms with E-state index in [1.807, 2.05) is 48.5 Å². The van der Waals surface area contributed by atoms with Gasteiger partial charge in [-0.05, 0) is 29.7 Å². The zero-order valence-corrected chi connectivity index (χ0v) is 16.9. The van der Waals surface area contributed by atoms with Crippen molar-refractivity contribution in [1.82, 2.24) is 5.32 Å². The molecule has 1 aliphatic rings. The predicted molar refractivity (Wildman–Crippen MR) is 113 cm³/mol. The molecule has 1 amide bonds. The highest BCUT2D eigenvalue weighted by Crippen LogP contribution is 2.40. The highest BCUT2D eigenvalue weighted by Gasteiger charge is 2.44. The number of esters is 1. The summed E-state index contributed by atoms with van der Waals surface area (Å²) in [5, 5.41) is 13.2. The van der Waals surface area contributed by atoms with E-state index in [9.17, 15) is 14.9 Å². The highest BCUT2D eigenvalue weighted by molar-refractivity contribution is 8.03. The number of nitriles is 1. The predicted octanol–water partition coefficient (Wildman–Crippen LogP) is 3.79. The molecule has 6 heteroatoms. The number of methoxy groups -OCH3 is 1. The molecule has 0 fully saturated rings. The van der Waals surface area contributed by atoms with Crippen LogP contribution in [0.25, 0.3) is 0 Å². The Bertz CT molecular complexity index is 936. The number of ether oxygens (including phenoxy) is 1. The molecular formula is C23H22N2O3S. The van der Waals surface area contributed by atoms with Crippen molar-refractivity contribution in [3.63, 3.8) is 0 Å². The molecule has 1 heterocycles. The molecule has 3 rings (SSSR count). The summed E-state index contributed by atoms with van der Waals surface area (Å²) in [5.74, 6) is -2.06. The molecule has 0 radical (unpaired) electrons. The number of hydrogen-bond donors (Lipinski definition) is 1. The minimum absolute atomic E-state index is 0.399. The van der Waals surface area contributed by atoms with Gasteiger partial charge in [-0.25, -0.2) is 0 Å². The minimum Gasteiger partial charge on any atom is -0.468 e. The number of allylic oxidation sites excluding steroid dienone is 1. The number of rotatable bonds is 7. The average Bonchev–Trinajstić information content (AvgIpc) is 2.77. The first-order valence-corrected chi connectivity index (χ1v) is 10.4. The van der Waals surface area contributed by atoms with Gasteiger partial charge in [0.25, 0.3) is 0 Å². The lowest BCUT2D eigenvalue weighted by molar-refractivity contribution is -0.150. The van der Waals surface area contributed by atoms with E-state index in [0.717, 1.165) is 24.2 Å². The van der Waals surface area contributed by atoms with Crippen molar-refractivity contribution >= 4 is 23.6 Å². The Morgan fingerprint density at radius 1 is 1.14 bits per heavy atom. The zero-order chi connectivity index (χ0) is 20.6. The minimum atomic E-state index is -1.08. The van der Waals surface area contributed by atoms with Crippen LogP contribution in [0.15, 0.2) is 71.3 Å². The third-order valence-electron chi connectivity index (χ3n) is 4.84. The number of nitrogens with one attached hydrogen (secondary N) is 1. The Morgan fingerprint density at radius 2 is 1.79 bits per heavy atom. The van der Waals surface area contributed by atoms with Crippen LogP contribution in [0.3, 0.4) is 0 Å². The van der Waals surface area contributed by atoms with Crippen LogP contribution >= 0.6 is 11.8 Å². The smallest absolute Gasteiger partial charge is 0.319 e. The summed E-state index contributed by atoms with van der Waals surface area (Å²) >= 11 is 1.45. The van der Waals surface area contributed by atoms with Gasteiger partial charge in [-0.2, -0.15) is 5.26 Å². The van der Waals surface area contributed by atoms with Gasteiger partial charge in [0.05, 0.1) is 23.8 Å². The molecule has 0 saturated heterocycles. The molecule has 0 unspecified atom stereocenters. The summed E-state index contributed by atoms with van der Waals surface area (Å²) in [7, 11) is 1.25. The third kappa shape index (κ3) is 4.87. The number of thioether (sulfide) groups is 1. The Balaban J connectivity index is 1.82. The maximum Gasteiger partial charge on any atom is 0.319 e. The summed E-state index contributed by atoms with van der Waals surface area (Å²) in [6.45, 7) is 0. The first-order chi connectivity index (χ1) is 14.2. The van der Waals surface area contributed by atoms with Crippen molar-refractivity contribution in [3.8, 4) is 6.07 Å². The third-order valence-corrected chi connectivity index (χ3v) is 5.94. The Hall–Kier alpha value is -3.04. The quantitative estimate of drug-likeness (QED) is 0.430. The van der Waals surface area contributed by atoms with Gasteiger partial charge in [0, 0.05) is 5.92 Å². The van der Waals surface area contributed by atoms with E-state index in [4.69, 9.17) is 4.74 Å². The second kappa shape index (κ2) is 9.94. The number of benzene rings is 2. The largest absolute Gasteiger partial charge is 0.468 e. The van der Waals surface area contributed by atoms with Crippen molar-refractivity contribution in [3.05, 3.63) is 82.4 Å². The number of carbonyl (C=O) groups is 2. The maximum atomic E-state index is 12.7. The molecular weight excluding hydrogens is 384 g/mol. The molecule has 2 atom stereocenters. The van der Waals surface area contributed by atoms with Crippen LogP contribution < -0.4 is 5.32 Å². The van der Waals surface area contributed by atoms with Crippen molar-refractivity contribution < 1.29 is 14.3 Å². The SMILES string of the molecule is COC(=O)[C@@H]1C(=O)NC(SCCCc2ccccc2)=C(C#N)[C@@H]1c1ccccc1. The highest BCUT2D eigenvalue weighted by atomic mass is 32.2. The van der Waals surface area contributed by atoms with Crippen LogP contribution in [-0.4, -0.2) is 24.7 Å². The number of hydrogen-bond acceptors (Lipinski definition) is 5. The molecule has 0 aliphatic carbocycles.